The fraction of sp³-hybridized carbons (Fsp3) is 0.320. The molecule has 1 amide bonds. The molecule has 0 bridgehead atoms. The summed E-state index contributed by atoms with van der Waals surface area (Å²) in [5.41, 5.74) is -0.161. The van der Waals surface area contributed by atoms with Crippen molar-refractivity contribution in [3.8, 4) is 11.6 Å². The molecule has 2 unspecified atom stereocenters. The Kier molecular flexibility index (Phi) is 7.65. The standard InChI is InChI=1S/C25H25F3N8O2/c1-16(33-23(37)24(2,3)38-22-8-7-17(14-31-22)25(26,27)28)20(12-18-6-4-5-10-29-18)21-13-19(9-11-30-21)36-15-32-34-35-36/h4-11,13-16,20H,12H2,1-3H3,(H,33,37). The Hall–Kier alpha value is -4.42. The second kappa shape index (κ2) is 10.9. The summed E-state index contributed by atoms with van der Waals surface area (Å²) >= 11 is 0. The second-order valence-electron chi connectivity index (χ2n) is 9.08. The summed E-state index contributed by atoms with van der Waals surface area (Å²) < 4.78 is 45.7. The smallest absolute Gasteiger partial charge is 0.417 e. The molecule has 0 radical (unpaired) electrons. The molecule has 13 heteroatoms. The molecule has 0 aliphatic carbocycles. The Balaban J connectivity index is 1.53. The first-order valence-corrected chi connectivity index (χ1v) is 11.7. The Labute approximate surface area is 216 Å². The van der Waals surface area contributed by atoms with Crippen LogP contribution in [-0.2, 0) is 17.4 Å². The molecule has 198 valence electrons. The highest BCUT2D eigenvalue weighted by atomic mass is 19.4. The maximum Gasteiger partial charge on any atom is 0.417 e. The molecule has 0 aliphatic heterocycles. The van der Waals surface area contributed by atoms with E-state index in [1.165, 1.54) is 24.9 Å². The molecule has 4 aromatic heterocycles. The van der Waals surface area contributed by atoms with E-state index in [2.05, 4.69) is 35.8 Å². The quantitative estimate of drug-likeness (QED) is 0.352. The number of nitrogens with one attached hydrogen (secondary N) is 1. The summed E-state index contributed by atoms with van der Waals surface area (Å²) in [7, 11) is 0. The van der Waals surface area contributed by atoms with Gasteiger partial charge < -0.3 is 10.1 Å². The minimum absolute atomic E-state index is 0.105. The van der Waals surface area contributed by atoms with Crippen LogP contribution >= 0.6 is 0 Å². The summed E-state index contributed by atoms with van der Waals surface area (Å²) in [6, 6.07) is 10.7. The van der Waals surface area contributed by atoms with Gasteiger partial charge in [0.05, 0.1) is 11.3 Å². The summed E-state index contributed by atoms with van der Waals surface area (Å²) in [6.45, 7) is 4.86. The molecule has 0 saturated carbocycles. The molecule has 4 rings (SSSR count). The van der Waals surface area contributed by atoms with Crippen LogP contribution in [0.5, 0.6) is 5.88 Å². The van der Waals surface area contributed by atoms with Crippen LogP contribution in [0.1, 0.15) is 43.6 Å². The van der Waals surface area contributed by atoms with E-state index < -0.39 is 29.3 Å². The van der Waals surface area contributed by atoms with Crippen molar-refractivity contribution >= 4 is 5.91 Å². The number of halogens is 3. The molecule has 10 nitrogen and oxygen atoms in total. The predicted octanol–water partition coefficient (Wildman–Crippen LogP) is 3.55. The lowest BCUT2D eigenvalue weighted by Crippen LogP contribution is -2.51. The molecule has 0 spiro atoms. The number of tetrazole rings is 1. The molecule has 4 aromatic rings. The van der Waals surface area contributed by atoms with Crippen LogP contribution in [0.25, 0.3) is 5.69 Å². The third kappa shape index (κ3) is 6.47. The zero-order chi connectivity index (χ0) is 27.3. The molecule has 0 saturated heterocycles. The van der Waals surface area contributed by atoms with Crippen LogP contribution in [0.3, 0.4) is 0 Å². The molecule has 0 fully saturated rings. The van der Waals surface area contributed by atoms with E-state index in [9.17, 15) is 18.0 Å². The lowest BCUT2D eigenvalue weighted by Gasteiger charge is -2.30. The number of amides is 1. The van der Waals surface area contributed by atoms with Crippen LogP contribution in [0.4, 0.5) is 13.2 Å². The van der Waals surface area contributed by atoms with E-state index >= 15 is 0 Å². The highest BCUT2D eigenvalue weighted by molar-refractivity contribution is 5.85. The number of alkyl halides is 3. The molecule has 1 N–H and O–H groups in total. The van der Waals surface area contributed by atoms with Crippen LogP contribution < -0.4 is 10.1 Å². The Morgan fingerprint density at radius 3 is 2.53 bits per heavy atom. The average Bonchev–Trinajstić information content (AvgIpc) is 3.43. The lowest BCUT2D eigenvalue weighted by atomic mass is 9.90. The van der Waals surface area contributed by atoms with Gasteiger partial charge in [0, 0.05) is 48.0 Å². The molecule has 0 aromatic carbocycles. The van der Waals surface area contributed by atoms with Gasteiger partial charge in [0.15, 0.2) is 5.60 Å². The summed E-state index contributed by atoms with van der Waals surface area (Å²) in [4.78, 5) is 25.9. The van der Waals surface area contributed by atoms with E-state index in [4.69, 9.17) is 4.74 Å². The first-order valence-electron chi connectivity index (χ1n) is 11.7. The molecular formula is C25H25F3N8O2. The van der Waals surface area contributed by atoms with Gasteiger partial charge in [-0.25, -0.2) is 9.67 Å². The first kappa shape index (κ1) is 26.6. The van der Waals surface area contributed by atoms with Crippen molar-refractivity contribution in [3.05, 3.63) is 84.3 Å². The molecule has 38 heavy (non-hydrogen) atoms. The van der Waals surface area contributed by atoms with Gasteiger partial charge in [-0.2, -0.15) is 13.2 Å². The van der Waals surface area contributed by atoms with Gasteiger partial charge in [-0.3, -0.25) is 14.8 Å². The van der Waals surface area contributed by atoms with E-state index in [-0.39, 0.29) is 11.8 Å². The van der Waals surface area contributed by atoms with Gasteiger partial charge in [-0.15, -0.1) is 5.10 Å². The SMILES string of the molecule is CC(NC(=O)C(C)(C)Oc1ccc(C(F)(F)F)cn1)C(Cc1ccccn1)c1cc(-n2cnnn2)ccn1. The first-order chi connectivity index (χ1) is 18.0. The van der Waals surface area contributed by atoms with Gasteiger partial charge in [0.25, 0.3) is 5.91 Å². The molecule has 2 atom stereocenters. The van der Waals surface area contributed by atoms with Crippen molar-refractivity contribution in [3.63, 3.8) is 0 Å². The number of hydrogen-bond donors (Lipinski definition) is 1. The minimum Gasteiger partial charge on any atom is -0.462 e. The van der Waals surface area contributed by atoms with Crippen molar-refractivity contribution in [1.29, 1.82) is 0 Å². The van der Waals surface area contributed by atoms with Gasteiger partial charge >= 0.3 is 6.18 Å². The van der Waals surface area contributed by atoms with Gasteiger partial charge in [-0.1, -0.05) is 6.07 Å². The Morgan fingerprint density at radius 2 is 1.89 bits per heavy atom. The summed E-state index contributed by atoms with van der Waals surface area (Å²) in [6.07, 6.45) is 1.40. The fourth-order valence-corrected chi connectivity index (χ4v) is 3.74. The Bertz CT molecular complexity index is 1350. The number of rotatable bonds is 9. The number of nitrogens with zero attached hydrogens (tertiary/aromatic N) is 7. The topological polar surface area (TPSA) is 121 Å². The van der Waals surface area contributed by atoms with Crippen LogP contribution in [0.15, 0.2) is 67.4 Å². The van der Waals surface area contributed by atoms with Crippen molar-refractivity contribution in [2.75, 3.05) is 0 Å². The van der Waals surface area contributed by atoms with Crippen molar-refractivity contribution in [1.82, 2.24) is 40.5 Å². The summed E-state index contributed by atoms with van der Waals surface area (Å²) in [5.74, 6) is -0.883. The van der Waals surface area contributed by atoms with E-state index in [0.29, 0.717) is 24.0 Å². The van der Waals surface area contributed by atoms with E-state index in [0.717, 1.165) is 17.8 Å². The number of aromatic nitrogens is 7. The molecule has 0 aliphatic rings. The predicted molar refractivity (Wildman–Crippen MR) is 129 cm³/mol. The minimum atomic E-state index is -4.52. The van der Waals surface area contributed by atoms with Crippen LogP contribution in [0, 0.1) is 0 Å². The number of hydrogen-bond acceptors (Lipinski definition) is 8. The number of pyridine rings is 3. The normalized spacial score (nSPS) is 13.5. The summed E-state index contributed by atoms with van der Waals surface area (Å²) in [5, 5.41) is 14.2. The zero-order valence-electron chi connectivity index (χ0n) is 20.8. The lowest BCUT2D eigenvalue weighted by molar-refractivity contribution is -0.138. The van der Waals surface area contributed by atoms with Crippen molar-refractivity contribution < 1.29 is 22.7 Å². The third-order valence-corrected chi connectivity index (χ3v) is 5.85. The molecule has 4 heterocycles. The number of ether oxygens (including phenoxy) is 1. The highest BCUT2D eigenvalue weighted by Gasteiger charge is 2.35. The second-order valence-corrected chi connectivity index (χ2v) is 9.08. The maximum absolute atomic E-state index is 13.2. The van der Waals surface area contributed by atoms with Gasteiger partial charge in [-0.05, 0) is 68.0 Å². The third-order valence-electron chi connectivity index (χ3n) is 5.85. The zero-order valence-corrected chi connectivity index (χ0v) is 20.8. The maximum atomic E-state index is 13.2. The van der Waals surface area contributed by atoms with Crippen LogP contribution in [-0.4, -0.2) is 52.7 Å². The fourth-order valence-electron chi connectivity index (χ4n) is 3.74. The van der Waals surface area contributed by atoms with Crippen LogP contribution in [0.2, 0.25) is 0 Å². The highest BCUT2D eigenvalue weighted by Crippen LogP contribution is 2.30. The monoisotopic (exact) mass is 526 g/mol. The number of carbonyl (C=O) groups excluding carboxylic acids is 1. The van der Waals surface area contributed by atoms with Gasteiger partial charge in [0.1, 0.15) is 6.33 Å². The number of carbonyl (C=O) groups is 1. The van der Waals surface area contributed by atoms with Crippen molar-refractivity contribution in [2.24, 2.45) is 0 Å². The van der Waals surface area contributed by atoms with E-state index in [1.54, 1.807) is 18.5 Å². The van der Waals surface area contributed by atoms with E-state index in [1.807, 2.05) is 31.2 Å². The molecular weight excluding hydrogens is 501 g/mol. The van der Waals surface area contributed by atoms with Crippen molar-refractivity contribution in [2.45, 2.75) is 50.9 Å². The largest absolute Gasteiger partial charge is 0.462 e. The Morgan fingerprint density at radius 1 is 1.08 bits per heavy atom. The average molecular weight is 527 g/mol. The van der Waals surface area contributed by atoms with Gasteiger partial charge in [0.2, 0.25) is 5.88 Å².